The van der Waals surface area contributed by atoms with Crippen LogP contribution in [0.2, 0.25) is 0 Å². The molecule has 2 atom stereocenters. The number of aromatic nitrogens is 1. The van der Waals surface area contributed by atoms with Crippen LogP contribution >= 0.6 is 11.3 Å². The minimum atomic E-state index is -0.554. The van der Waals surface area contributed by atoms with Crippen LogP contribution in [0.1, 0.15) is 41.3 Å². The topological polar surface area (TPSA) is 93.2 Å². The van der Waals surface area contributed by atoms with Crippen molar-refractivity contribution in [1.82, 2.24) is 9.88 Å². The average molecular weight is 494 g/mol. The van der Waals surface area contributed by atoms with Crippen LogP contribution in [0, 0.1) is 0 Å². The maximum absolute atomic E-state index is 13.3. The third-order valence-corrected chi connectivity index (χ3v) is 8.08. The largest absolute Gasteiger partial charge is 0.497 e. The van der Waals surface area contributed by atoms with E-state index in [1.165, 1.54) is 11.3 Å². The lowest BCUT2D eigenvalue weighted by atomic mass is 9.94. The minimum absolute atomic E-state index is 0.0464. The second-order valence-electron chi connectivity index (χ2n) is 9.29. The fourth-order valence-electron chi connectivity index (χ4n) is 5.00. The van der Waals surface area contributed by atoms with Crippen molar-refractivity contribution in [2.24, 2.45) is 0 Å². The number of ether oxygens (including phenoxy) is 3. The number of rotatable bonds is 7. The van der Waals surface area contributed by atoms with Crippen molar-refractivity contribution in [1.29, 1.82) is 0 Å². The molecule has 2 aromatic carbocycles. The zero-order chi connectivity index (χ0) is 24.0. The third kappa shape index (κ3) is 4.13. The number of methoxy groups -OCH3 is 1. The van der Waals surface area contributed by atoms with Crippen LogP contribution in [0.25, 0.3) is 0 Å². The second-order valence-corrected chi connectivity index (χ2v) is 10.3. The van der Waals surface area contributed by atoms with Crippen LogP contribution < -0.4 is 19.5 Å². The number of β-amino-alcohol motifs (C(OH)–C–C–N with tert-alkyl or cyclic N) is 1. The quantitative estimate of drug-likeness (QED) is 0.518. The smallest absolute Gasteiger partial charge is 0.236 e. The highest BCUT2D eigenvalue weighted by Crippen LogP contribution is 2.51. The van der Waals surface area contributed by atoms with Gasteiger partial charge in [0.1, 0.15) is 5.75 Å². The van der Waals surface area contributed by atoms with Crippen LogP contribution in [0.5, 0.6) is 17.2 Å². The second kappa shape index (κ2) is 8.82. The van der Waals surface area contributed by atoms with Crippen molar-refractivity contribution in [2.45, 2.75) is 36.8 Å². The van der Waals surface area contributed by atoms with Crippen molar-refractivity contribution < 1.29 is 24.1 Å². The fourth-order valence-corrected chi connectivity index (χ4v) is 5.97. The molecule has 1 aromatic heterocycles. The SMILES string of the molecule is COc1ccc(C(c2cnc(NC(=O)C3(c4ccc5c(c4)OCO5)CC3)s2)N2CC[C@@H](O)C2)cc1. The Bertz CT molecular complexity index is 1240. The van der Waals surface area contributed by atoms with Gasteiger partial charge in [-0.1, -0.05) is 29.5 Å². The molecule has 182 valence electrons. The molecular formula is C26H27N3O5S. The Kier molecular flexibility index (Phi) is 5.63. The number of nitrogens with zero attached hydrogens (tertiary/aromatic N) is 2. The van der Waals surface area contributed by atoms with Crippen molar-refractivity contribution in [3.8, 4) is 17.2 Å². The summed E-state index contributed by atoms with van der Waals surface area (Å²) in [6.45, 7) is 1.61. The summed E-state index contributed by atoms with van der Waals surface area (Å²) in [4.78, 5) is 21.2. The summed E-state index contributed by atoms with van der Waals surface area (Å²) in [5, 5.41) is 13.8. The molecule has 1 amide bonds. The molecule has 3 heterocycles. The summed E-state index contributed by atoms with van der Waals surface area (Å²) in [6, 6.07) is 13.7. The van der Waals surface area contributed by atoms with Gasteiger partial charge in [-0.2, -0.15) is 0 Å². The van der Waals surface area contributed by atoms with Crippen molar-refractivity contribution in [2.75, 3.05) is 32.3 Å². The Morgan fingerprint density at radius 1 is 1.23 bits per heavy atom. The first-order chi connectivity index (χ1) is 17.1. The molecule has 2 aliphatic heterocycles. The lowest BCUT2D eigenvalue weighted by Gasteiger charge is -2.27. The van der Waals surface area contributed by atoms with E-state index >= 15 is 0 Å². The van der Waals surface area contributed by atoms with Gasteiger partial charge in [0, 0.05) is 24.2 Å². The van der Waals surface area contributed by atoms with E-state index in [0.29, 0.717) is 23.2 Å². The van der Waals surface area contributed by atoms with Crippen LogP contribution in [-0.2, 0) is 10.2 Å². The highest BCUT2D eigenvalue weighted by molar-refractivity contribution is 7.15. The summed E-state index contributed by atoms with van der Waals surface area (Å²) >= 11 is 1.48. The van der Waals surface area contributed by atoms with Gasteiger partial charge >= 0.3 is 0 Å². The number of likely N-dealkylation sites (tertiary alicyclic amines) is 1. The molecule has 0 spiro atoms. The molecule has 8 nitrogen and oxygen atoms in total. The van der Waals surface area contributed by atoms with E-state index in [2.05, 4.69) is 15.2 Å². The molecule has 1 unspecified atom stereocenters. The highest BCUT2D eigenvalue weighted by Gasteiger charge is 2.52. The first-order valence-electron chi connectivity index (χ1n) is 11.8. The number of benzene rings is 2. The minimum Gasteiger partial charge on any atom is -0.497 e. The van der Waals surface area contributed by atoms with Crippen LogP contribution in [0.15, 0.2) is 48.7 Å². The summed E-state index contributed by atoms with van der Waals surface area (Å²) in [7, 11) is 1.65. The van der Waals surface area contributed by atoms with Crippen molar-refractivity contribution in [3.63, 3.8) is 0 Å². The molecular weight excluding hydrogens is 466 g/mol. The molecule has 0 bridgehead atoms. The van der Waals surface area contributed by atoms with Gasteiger partial charge in [-0.15, -0.1) is 0 Å². The lowest BCUT2D eigenvalue weighted by molar-refractivity contribution is -0.118. The maximum atomic E-state index is 13.3. The normalized spacial score (nSPS) is 21.0. The zero-order valence-electron chi connectivity index (χ0n) is 19.4. The van der Waals surface area contributed by atoms with Crippen molar-refractivity contribution in [3.05, 3.63) is 64.7 Å². The first-order valence-corrected chi connectivity index (χ1v) is 12.6. The van der Waals surface area contributed by atoms with Gasteiger partial charge in [-0.05, 0) is 54.7 Å². The van der Waals surface area contributed by atoms with Gasteiger partial charge < -0.3 is 24.6 Å². The number of hydrogen-bond donors (Lipinski definition) is 2. The van der Waals surface area contributed by atoms with Gasteiger partial charge in [-0.3, -0.25) is 9.69 Å². The maximum Gasteiger partial charge on any atom is 0.236 e. The number of carbonyl (C=O) groups is 1. The van der Waals surface area contributed by atoms with Gasteiger partial charge in [-0.25, -0.2) is 4.98 Å². The van der Waals surface area contributed by atoms with Gasteiger partial charge in [0.05, 0.1) is 24.7 Å². The summed E-state index contributed by atoms with van der Waals surface area (Å²) in [5.74, 6) is 2.15. The molecule has 3 aromatic rings. The molecule has 2 N–H and O–H groups in total. The Labute approximate surface area is 207 Å². The molecule has 6 rings (SSSR count). The number of aliphatic hydroxyl groups is 1. The fraction of sp³-hybridized carbons (Fsp3) is 0.385. The number of anilines is 1. The molecule has 1 saturated carbocycles. The van der Waals surface area contributed by atoms with E-state index in [9.17, 15) is 9.90 Å². The standard InChI is InChI=1S/C26H27N3O5S/c1-32-19-5-2-16(3-6-19)23(29-11-8-18(30)14-29)22-13-27-25(35-22)28-24(31)26(9-10-26)17-4-7-20-21(12-17)34-15-33-20/h2-7,12-13,18,23,30H,8-11,14-15H2,1H3,(H,27,28,31)/t18-,23?/m1/s1. The number of carbonyl (C=O) groups excluding carboxylic acids is 1. The van der Waals surface area contributed by atoms with E-state index in [-0.39, 0.29) is 24.8 Å². The number of thiazole rings is 1. The Balaban J connectivity index is 1.23. The Morgan fingerprint density at radius 2 is 2.03 bits per heavy atom. The lowest BCUT2D eigenvalue weighted by Crippen LogP contribution is -2.28. The Morgan fingerprint density at radius 3 is 2.74 bits per heavy atom. The number of fused-ring (bicyclic) bond motifs is 1. The highest BCUT2D eigenvalue weighted by atomic mass is 32.1. The summed E-state index contributed by atoms with van der Waals surface area (Å²) in [6.07, 6.45) is 3.82. The average Bonchev–Trinajstić information content (AvgIpc) is 3.16. The molecule has 2 fully saturated rings. The van der Waals surface area contributed by atoms with Crippen LogP contribution in [0.4, 0.5) is 5.13 Å². The van der Waals surface area contributed by atoms with Gasteiger partial charge in [0.15, 0.2) is 16.6 Å². The van der Waals surface area contributed by atoms with Crippen molar-refractivity contribution >= 4 is 22.4 Å². The zero-order valence-corrected chi connectivity index (χ0v) is 20.2. The van der Waals surface area contributed by atoms with E-state index in [4.69, 9.17) is 14.2 Å². The predicted octanol–water partition coefficient (Wildman–Crippen LogP) is 3.71. The first kappa shape index (κ1) is 22.3. The van der Waals surface area contributed by atoms with Gasteiger partial charge in [0.2, 0.25) is 12.7 Å². The summed E-state index contributed by atoms with van der Waals surface area (Å²) in [5.41, 5.74) is 1.49. The van der Waals surface area contributed by atoms with Gasteiger partial charge in [0.25, 0.3) is 0 Å². The molecule has 9 heteroatoms. The van der Waals surface area contributed by atoms with E-state index in [1.807, 2.05) is 48.7 Å². The third-order valence-electron chi connectivity index (χ3n) is 7.11. The van der Waals surface area contributed by atoms with E-state index in [1.54, 1.807) is 7.11 Å². The number of aliphatic hydroxyl groups excluding tert-OH is 1. The number of hydrogen-bond acceptors (Lipinski definition) is 8. The van der Waals surface area contributed by atoms with E-state index in [0.717, 1.165) is 47.6 Å². The monoisotopic (exact) mass is 493 g/mol. The molecule has 1 saturated heterocycles. The number of amides is 1. The molecule has 1 aliphatic carbocycles. The molecule has 35 heavy (non-hydrogen) atoms. The Hall–Kier alpha value is -3.14. The molecule has 0 radical (unpaired) electrons. The van der Waals surface area contributed by atoms with Crippen LogP contribution in [0.3, 0.4) is 0 Å². The number of nitrogens with one attached hydrogen (secondary N) is 1. The predicted molar refractivity (Wildman–Crippen MR) is 131 cm³/mol. The summed E-state index contributed by atoms with van der Waals surface area (Å²) < 4.78 is 16.2. The molecule has 3 aliphatic rings. The van der Waals surface area contributed by atoms with E-state index < -0.39 is 5.41 Å². The van der Waals surface area contributed by atoms with Crippen LogP contribution in [-0.4, -0.2) is 54.0 Å².